The van der Waals surface area contributed by atoms with Crippen LogP contribution < -0.4 is 0 Å². The molecule has 0 amide bonds. The van der Waals surface area contributed by atoms with Crippen LogP contribution in [-0.4, -0.2) is 31.6 Å². The number of carboxylic acids is 2. The van der Waals surface area contributed by atoms with Crippen molar-refractivity contribution in [2.45, 2.75) is 101 Å². The molecule has 0 aromatic carbocycles. The number of carbonyl (C=O) groups is 2. The van der Waals surface area contributed by atoms with Crippen LogP contribution in [0.3, 0.4) is 0 Å². The van der Waals surface area contributed by atoms with E-state index in [1.807, 2.05) is 0 Å². The highest BCUT2D eigenvalue weighted by Crippen LogP contribution is 2.43. The summed E-state index contributed by atoms with van der Waals surface area (Å²) in [6.45, 7) is 7.59. The van der Waals surface area contributed by atoms with Gasteiger partial charge in [0, 0.05) is 0 Å². The highest BCUT2D eigenvalue weighted by atomic mass is 32.2. The minimum atomic E-state index is -1.04. The minimum Gasteiger partial charge on any atom is -0.480 e. The van der Waals surface area contributed by atoms with Crippen LogP contribution in [0, 0.1) is 0 Å². The molecular formula is C18H34O4S. The summed E-state index contributed by atoms with van der Waals surface area (Å²) in [7, 11) is 0. The normalized spacial score (nSPS) is 16.5. The van der Waals surface area contributed by atoms with Gasteiger partial charge in [-0.05, 0) is 26.7 Å². The summed E-state index contributed by atoms with van der Waals surface area (Å²) < 4.78 is -2.07. The Labute approximate surface area is 145 Å². The third-order valence-corrected chi connectivity index (χ3v) is 6.03. The number of hydrogen-bond donors (Lipinski definition) is 2. The van der Waals surface area contributed by atoms with Gasteiger partial charge < -0.3 is 10.2 Å². The predicted molar refractivity (Wildman–Crippen MR) is 97.2 cm³/mol. The molecule has 4 nitrogen and oxygen atoms in total. The number of aliphatic carboxylic acids is 2. The molecule has 136 valence electrons. The molecule has 0 radical (unpaired) electrons. The lowest BCUT2D eigenvalue weighted by molar-refractivity contribution is -0.139. The first-order chi connectivity index (χ1) is 10.7. The monoisotopic (exact) mass is 346 g/mol. The topological polar surface area (TPSA) is 74.6 Å². The standard InChI is InChI=1S/C18H34O4S/c1-5-7-9-11-13-17(3,15(19)20)23-18(4,16(21)22)14-12-10-8-6-2/h5-14H2,1-4H3,(H,19,20)(H,21,22). The fourth-order valence-corrected chi connectivity index (χ4v) is 4.34. The van der Waals surface area contributed by atoms with Crippen molar-refractivity contribution in [2.75, 3.05) is 0 Å². The molecule has 0 aromatic rings. The minimum absolute atomic E-state index is 0.519. The lowest BCUT2D eigenvalue weighted by Gasteiger charge is -2.34. The number of hydrogen-bond acceptors (Lipinski definition) is 3. The summed E-state index contributed by atoms with van der Waals surface area (Å²) in [6.07, 6.45) is 9.07. The Balaban J connectivity index is 4.86. The van der Waals surface area contributed by atoms with Crippen molar-refractivity contribution in [1.82, 2.24) is 0 Å². The van der Waals surface area contributed by atoms with Crippen LogP contribution in [0.1, 0.15) is 91.9 Å². The van der Waals surface area contributed by atoms with Gasteiger partial charge in [0.2, 0.25) is 0 Å². The summed E-state index contributed by atoms with van der Waals surface area (Å²) in [4.78, 5) is 23.5. The molecule has 5 heteroatoms. The molecule has 0 fully saturated rings. The van der Waals surface area contributed by atoms with Gasteiger partial charge in [0.05, 0.1) is 0 Å². The summed E-state index contributed by atoms with van der Waals surface area (Å²) in [5.74, 6) is -1.81. The Morgan fingerprint density at radius 1 is 0.739 bits per heavy atom. The lowest BCUT2D eigenvalue weighted by Crippen LogP contribution is -2.42. The van der Waals surface area contributed by atoms with Crippen molar-refractivity contribution >= 4 is 23.7 Å². The Morgan fingerprint density at radius 3 is 1.35 bits per heavy atom. The number of thioether (sulfide) groups is 1. The van der Waals surface area contributed by atoms with Gasteiger partial charge in [-0.2, -0.15) is 0 Å². The third-order valence-electron chi connectivity index (χ3n) is 4.37. The maximum Gasteiger partial charge on any atom is 0.319 e. The molecule has 23 heavy (non-hydrogen) atoms. The fraction of sp³-hybridized carbons (Fsp3) is 0.889. The van der Waals surface area contributed by atoms with Crippen LogP contribution in [0.25, 0.3) is 0 Å². The van der Waals surface area contributed by atoms with Crippen LogP contribution in [0.2, 0.25) is 0 Å². The second kappa shape index (κ2) is 11.0. The lowest BCUT2D eigenvalue weighted by atomic mass is 10.0. The largest absolute Gasteiger partial charge is 0.480 e. The number of unbranched alkanes of at least 4 members (excludes halogenated alkanes) is 6. The van der Waals surface area contributed by atoms with E-state index in [2.05, 4.69) is 13.8 Å². The average Bonchev–Trinajstić information content (AvgIpc) is 2.48. The number of carboxylic acid groups (broad SMARTS) is 2. The second-order valence-corrected chi connectivity index (χ2v) is 8.80. The van der Waals surface area contributed by atoms with E-state index in [0.717, 1.165) is 63.1 Å². The van der Waals surface area contributed by atoms with Gasteiger partial charge in [-0.1, -0.05) is 65.2 Å². The van der Waals surface area contributed by atoms with E-state index in [1.165, 1.54) is 0 Å². The van der Waals surface area contributed by atoms with Crippen LogP contribution in [0.15, 0.2) is 0 Å². The first kappa shape index (κ1) is 22.3. The molecule has 0 bridgehead atoms. The Kier molecular flexibility index (Phi) is 10.6. The quantitative estimate of drug-likeness (QED) is 0.415. The zero-order valence-corrected chi connectivity index (χ0v) is 16.0. The molecule has 0 spiro atoms. The van der Waals surface area contributed by atoms with Gasteiger partial charge in [-0.3, -0.25) is 9.59 Å². The second-order valence-electron chi connectivity index (χ2n) is 6.80. The SMILES string of the molecule is CCCCCCC(C)(SC(C)(CCCCCC)C(=O)O)C(=O)O. The molecule has 2 unspecified atom stereocenters. The smallest absolute Gasteiger partial charge is 0.319 e. The molecule has 0 aliphatic heterocycles. The molecule has 0 aromatic heterocycles. The Morgan fingerprint density at radius 2 is 1.09 bits per heavy atom. The third kappa shape index (κ3) is 8.09. The van der Waals surface area contributed by atoms with Crippen molar-refractivity contribution in [3.05, 3.63) is 0 Å². The van der Waals surface area contributed by atoms with Gasteiger partial charge in [-0.25, -0.2) is 0 Å². The van der Waals surface area contributed by atoms with E-state index < -0.39 is 21.4 Å². The van der Waals surface area contributed by atoms with Gasteiger partial charge in [-0.15, -0.1) is 11.8 Å². The Hall–Kier alpha value is -0.710. The first-order valence-electron chi connectivity index (χ1n) is 8.89. The van der Waals surface area contributed by atoms with Gasteiger partial charge in [0.1, 0.15) is 9.49 Å². The van der Waals surface area contributed by atoms with E-state index >= 15 is 0 Å². The zero-order chi connectivity index (χ0) is 17.9. The van der Waals surface area contributed by atoms with E-state index in [4.69, 9.17) is 0 Å². The summed E-state index contributed by atoms with van der Waals surface area (Å²) in [5, 5.41) is 19.3. The molecule has 2 atom stereocenters. The summed E-state index contributed by atoms with van der Waals surface area (Å²) >= 11 is 1.13. The molecule has 0 saturated heterocycles. The maximum atomic E-state index is 11.7. The molecule has 0 saturated carbocycles. The van der Waals surface area contributed by atoms with E-state index in [0.29, 0.717) is 12.8 Å². The fourth-order valence-electron chi connectivity index (χ4n) is 2.68. The molecule has 2 N–H and O–H groups in total. The summed E-state index contributed by atoms with van der Waals surface area (Å²) in [5.41, 5.74) is 0. The predicted octanol–water partition coefficient (Wildman–Crippen LogP) is 5.35. The van der Waals surface area contributed by atoms with Crippen molar-refractivity contribution in [3.63, 3.8) is 0 Å². The number of rotatable bonds is 14. The van der Waals surface area contributed by atoms with Gasteiger partial charge >= 0.3 is 11.9 Å². The molecular weight excluding hydrogens is 312 g/mol. The van der Waals surface area contributed by atoms with Crippen molar-refractivity contribution in [2.24, 2.45) is 0 Å². The van der Waals surface area contributed by atoms with Crippen LogP contribution in [0.4, 0.5) is 0 Å². The molecule has 0 heterocycles. The van der Waals surface area contributed by atoms with E-state index in [-0.39, 0.29) is 0 Å². The highest BCUT2D eigenvalue weighted by Gasteiger charge is 2.45. The molecule has 0 aliphatic rings. The Bertz CT molecular complexity index is 338. The van der Waals surface area contributed by atoms with Crippen LogP contribution in [-0.2, 0) is 9.59 Å². The van der Waals surface area contributed by atoms with Crippen molar-refractivity contribution < 1.29 is 19.8 Å². The highest BCUT2D eigenvalue weighted by molar-refractivity contribution is 8.03. The van der Waals surface area contributed by atoms with Crippen molar-refractivity contribution in [3.8, 4) is 0 Å². The average molecular weight is 347 g/mol. The summed E-state index contributed by atoms with van der Waals surface area (Å²) in [6, 6.07) is 0. The van der Waals surface area contributed by atoms with Crippen LogP contribution >= 0.6 is 11.8 Å². The first-order valence-corrected chi connectivity index (χ1v) is 9.70. The molecule has 0 aliphatic carbocycles. The maximum absolute atomic E-state index is 11.7. The van der Waals surface area contributed by atoms with Gasteiger partial charge in [0.15, 0.2) is 0 Å². The van der Waals surface area contributed by atoms with Crippen molar-refractivity contribution in [1.29, 1.82) is 0 Å². The van der Waals surface area contributed by atoms with Gasteiger partial charge in [0.25, 0.3) is 0 Å². The van der Waals surface area contributed by atoms with Crippen LogP contribution in [0.5, 0.6) is 0 Å². The zero-order valence-electron chi connectivity index (χ0n) is 15.2. The molecule has 0 rings (SSSR count). The van der Waals surface area contributed by atoms with E-state index in [9.17, 15) is 19.8 Å². The van der Waals surface area contributed by atoms with E-state index in [1.54, 1.807) is 13.8 Å².